The van der Waals surface area contributed by atoms with Gasteiger partial charge in [0.1, 0.15) is 11.2 Å². The van der Waals surface area contributed by atoms with Gasteiger partial charge in [-0.15, -0.1) is 0 Å². The van der Waals surface area contributed by atoms with Gasteiger partial charge in [0, 0.05) is 26.2 Å². The maximum Gasteiger partial charge on any atom is 0.307 e. The minimum Gasteiger partial charge on any atom is -0.481 e. The van der Waals surface area contributed by atoms with Gasteiger partial charge in [-0.2, -0.15) is 0 Å². The third kappa shape index (κ3) is 19.9. The van der Waals surface area contributed by atoms with E-state index < -0.39 is 46.8 Å². The van der Waals surface area contributed by atoms with Gasteiger partial charge >= 0.3 is 11.9 Å². The van der Waals surface area contributed by atoms with Crippen molar-refractivity contribution in [3.05, 3.63) is 0 Å². The van der Waals surface area contributed by atoms with Crippen LogP contribution in [-0.4, -0.2) is 160 Å². The summed E-state index contributed by atoms with van der Waals surface area (Å²) in [4.78, 5) is 55.0. The fraction of sp³-hybridized carbons (Fsp3) is 0.913. The third-order valence-corrected chi connectivity index (χ3v) is 12.4. The fourth-order valence-corrected chi connectivity index (χ4v) is 8.70. The Kier molecular flexibility index (Phi) is 25.9. The molecule has 0 bridgehead atoms. The highest BCUT2D eigenvalue weighted by molar-refractivity contribution is 5.85. The molecular formula is C46H82N2O13. The van der Waals surface area contributed by atoms with Crippen molar-refractivity contribution in [1.29, 1.82) is 0 Å². The van der Waals surface area contributed by atoms with Crippen LogP contribution in [0.1, 0.15) is 130 Å². The van der Waals surface area contributed by atoms with Crippen LogP contribution in [0.4, 0.5) is 0 Å². The van der Waals surface area contributed by atoms with Crippen LogP contribution in [0.3, 0.4) is 0 Å². The number of hydrogen-bond donors (Lipinski definition) is 2. The lowest BCUT2D eigenvalue weighted by molar-refractivity contribution is -0.153. The number of hydrogen-bond acceptors (Lipinski definition) is 11. The van der Waals surface area contributed by atoms with Crippen LogP contribution in [0.15, 0.2) is 0 Å². The van der Waals surface area contributed by atoms with Gasteiger partial charge < -0.3 is 53.2 Å². The number of carbonyl (C=O) groups is 4. The summed E-state index contributed by atoms with van der Waals surface area (Å²) >= 11 is 0. The van der Waals surface area contributed by atoms with Crippen LogP contribution in [0.5, 0.6) is 0 Å². The molecule has 0 spiro atoms. The van der Waals surface area contributed by atoms with E-state index in [-0.39, 0.29) is 38.2 Å². The Bertz CT molecular complexity index is 1170. The summed E-state index contributed by atoms with van der Waals surface area (Å²) in [6.07, 6.45) is 13.9. The second-order valence-electron chi connectivity index (χ2n) is 17.9. The van der Waals surface area contributed by atoms with E-state index in [1.807, 2.05) is 23.6 Å². The average Bonchev–Trinajstić information content (AvgIpc) is 3.26. The summed E-state index contributed by atoms with van der Waals surface area (Å²) in [5.74, 6) is -4.17. The first-order chi connectivity index (χ1) is 29.4. The van der Waals surface area contributed by atoms with Crippen molar-refractivity contribution in [3.63, 3.8) is 0 Å². The predicted octanol–water partition coefficient (Wildman–Crippen LogP) is 6.23. The Morgan fingerprint density at radius 2 is 0.902 bits per heavy atom. The molecule has 15 heteroatoms. The molecule has 3 rings (SSSR count). The number of rotatable bonds is 24. The number of ether oxygens (including phenoxy) is 7. The fourth-order valence-electron chi connectivity index (χ4n) is 8.70. The molecule has 1 aliphatic heterocycles. The molecule has 15 nitrogen and oxygen atoms in total. The van der Waals surface area contributed by atoms with E-state index in [9.17, 15) is 29.4 Å². The number of nitrogens with zero attached hydrogens (tertiary/aromatic N) is 2. The summed E-state index contributed by atoms with van der Waals surface area (Å²) in [7, 11) is 0. The molecule has 2 saturated carbocycles. The minimum atomic E-state index is -0.884. The molecule has 61 heavy (non-hydrogen) atoms. The van der Waals surface area contributed by atoms with Gasteiger partial charge in [0.25, 0.3) is 0 Å². The summed E-state index contributed by atoms with van der Waals surface area (Å²) in [6.45, 7) is 13.5. The van der Waals surface area contributed by atoms with Crippen molar-refractivity contribution < 1.29 is 62.5 Å². The zero-order chi connectivity index (χ0) is 44.4. The number of aliphatic carboxylic acids is 2. The second kappa shape index (κ2) is 29.9. The lowest BCUT2D eigenvalue weighted by Gasteiger charge is -2.33. The van der Waals surface area contributed by atoms with Crippen LogP contribution in [0.25, 0.3) is 0 Å². The first-order valence-electron chi connectivity index (χ1n) is 23.6. The van der Waals surface area contributed by atoms with Gasteiger partial charge in [-0.25, -0.2) is 0 Å². The molecule has 2 unspecified atom stereocenters. The van der Waals surface area contributed by atoms with Crippen molar-refractivity contribution in [2.45, 2.75) is 142 Å². The summed E-state index contributed by atoms with van der Waals surface area (Å²) < 4.78 is 42.7. The van der Waals surface area contributed by atoms with Crippen molar-refractivity contribution >= 4 is 23.8 Å². The SMILES string of the molecule is CCCCCCN(CCOCC1(C)COCCOCC(C)(COCCN(CCCCCC)C(=O)[C@@H]2CCCC[C@@H]2C(=O)O)OCCOCCO1)C(=O)[C@@H]1CCCC[C@@H]1C(=O)O. The van der Waals surface area contributed by atoms with Crippen molar-refractivity contribution in [2.75, 3.05) is 105 Å². The molecule has 0 aromatic carbocycles. The Balaban J connectivity index is 1.49. The second-order valence-corrected chi connectivity index (χ2v) is 17.9. The highest BCUT2D eigenvalue weighted by Gasteiger charge is 2.39. The molecule has 0 radical (unpaired) electrons. The zero-order valence-corrected chi connectivity index (χ0v) is 38.2. The average molecular weight is 871 g/mol. The monoisotopic (exact) mass is 871 g/mol. The van der Waals surface area contributed by atoms with E-state index in [0.29, 0.717) is 105 Å². The molecule has 2 aliphatic carbocycles. The highest BCUT2D eigenvalue weighted by atomic mass is 16.6. The number of unbranched alkanes of at least 4 members (excludes halogenated alkanes) is 6. The smallest absolute Gasteiger partial charge is 0.307 e. The minimum absolute atomic E-state index is 0.0749. The Hall–Kier alpha value is -2.40. The molecule has 354 valence electrons. The van der Waals surface area contributed by atoms with E-state index in [4.69, 9.17) is 33.2 Å². The van der Waals surface area contributed by atoms with Crippen LogP contribution in [0, 0.1) is 23.7 Å². The molecule has 6 atom stereocenters. The number of amides is 2. The molecule has 3 fully saturated rings. The maximum absolute atomic E-state index is 13.7. The number of carboxylic acid groups (broad SMARTS) is 2. The Morgan fingerprint density at radius 1 is 0.525 bits per heavy atom. The van der Waals surface area contributed by atoms with E-state index in [0.717, 1.165) is 77.0 Å². The van der Waals surface area contributed by atoms with Gasteiger partial charge in [-0.1, -0.05) is 78.1 Å². The van der Waals surface area contributed by atoms with Crippen molar-refractivity contribution in [3.8, 4) is 0 Å². The van der Waals surface area contributed by atoms with Crippen LogP contribution >= 0.6 is 0 Å². The van der Waals surface area contributed by atoms with E-state index in [2.05, 4.69) is 13.8 Å². The van der Waals surface area contributed by atoms with Gasteiger partial charge in [0.15, 0.2) is 0 Å². The van der Waals surface area contributed by atoms with Gasteiger partial charge in [0.05, 0.1) is 103 Å². The van der Waals surface area contributed by atoms with E-state index >= 15 is 0 Å². The highest BCUT2D eigenvalue weighted by Crippen LogP contribution is 2.33. The first-order valence-corrected chi connectivity index (χ1v) is 23.6. The number of carboxylic acids is 2. The molecule has 0 aromatic heterocycles. The first kappa shape index (κ1) is 52.9. The van der Waals surface area contributed by atoms with Gasteiger partial charge in [0.2, 0.25) is 11.8 Å². The molecule has 2 N–H and O–H groups in total. The van der Waals surface area contributed by atoms with Crippen LogP contribution in [0.2, 0.25) is 0 Å². The molecule has 2 amide bonds. The normalized spacial score (nSPS) is 27.3. The lowest BCUT2D eigenvalue weighted by Crippen LogP contribution is -2.45. The largest absolute Gasteiger partial charge is 0.481 e. The Labute approximate surface area is 366 Å². The predicted molar refractivity (Wildman–Crippen MR) is 230 cm³/mol. The molecule has 1 saturated heterocycles. The standard InChI is InChI=1S/C46H82N2O13/c1-5-7-9-15-21-47(41(49)37-17-11-13-19-39(37)43(51)52)23-25-56-33-45(3)35-58-27-28-59-36-46(4,61-32-30-55-29-31-60-45)34-57-26-24-48(22-16-10-8-6-2)42(50)38-18-12-14-20-40(38)44(53)54/h37-40H,5-36H2,1-4H3,(H,51,52)(H,53,54)/t37-,38-,39+,40+,45?,46?/m1/s1. The quantitative estimate of drug-likeness (QED) is 0.104. The van der Waals surface area contributed by atoms with E-state index in [1.165, 1.54) is 0 Å². The number of carbonyl (C=O) groups excluding carboxylic acids is 2. The van der Waals surface area contributed by atoms with Crippen LogP contribution < -0.4 is 0 Å². The summed E-state index contributed by atoms with van der Waals surface area (Å²) in [5, 5.41) is 19.7. The van der Waals surface area contributed by atoms with E-state index in [1.54, 1.807) is 0 Å². The topological polar surface area (TPSA) is 180 Å². The van der Waals surface area contributed by atoms with Gasteiger partial charge in [-0.3, -0.25) is 19.2 Å². The Morgan fingerprint density at radius 3 is 1.28 bits per heavy atom. The summed E-state index contributed by atoms with van der Waals surface area (Å²) in [6, 6.07) is 0. The molecule has 1 heterocycles. The van der Waals surface area contributed by atoms with Crippen molar-refractivity contribution in [1.82, 2.24) is 9.80 Å². The van der Waals surface area contributed by atoms with Crippen LogP contribution in [-0.2, 0) is 52.3 Å². The van der Waals surface area contributed by atoms with Crippen molar-refractivity contribution in [2.24, 2.45) is 23.7 Å². The molecule has 3 aliphatic rings. The summed E-state index contributed by atoms with van der Waals surface area (Å²) in [5.41, 5.74) is -1.57. The van der Waals surface area contributed by atoms with Gasteiger partial charge in [-0.05, 0) is 52.4 Å². The third-order valence-electron chi connectivity index (χ3n) is 12.4. The lowest BCUT2D eigenvalue weighted by atomic mass is 9.78. The molecular weight excluding hydrogens is 789 g/mol. The maximum atomic E-state index is 13.7. The molecule has 0 aromatic rings. The zero-order valence-electron chi connectivity index (χ0n) is 38.2.